The normalized spacial score (nSPS) is 11.1. The molecule has 0 aliphatic carbocycles. The van der Waals surface area contributed by atoms with Gasteiger partial charge in [-0.05, 0) is 147 Å². The molecule has 0 fully saturated rings. The molecule has 10 aromatic rings. The lowest BCUT2D eigenvalue weighted by atomic mass is 9.86. The first-order chi connectivity index (χ1) is 31.3. The summed E-state index contributed by atoms with van der Waals surface area (Å²) in [7, 11) is 0. The fourth-order valence-electron chi connectivity index (χ4n) is 8.51. The number of aryl methyl sites for hydroxylation is 3. The van der Waals surface area contributed by atoms with Gasteiger partial charge in [0.2, 0.25) is 0 Å². The van der Waals surface area contributed by atoms with Gasteiger partial charge in [0.25, 0.3) is 0 Å². The third kappa shape index (κ3) is 8.13. The van der Waals surface area contributed by atoms with Crippen molar-refractivity contribution in [3.8, 4) is 106 Å². The van der Waals surface area contributed by atoms with Crippen molar-refractivity contribution in [2.45, 2.75) is 20.8 Å². The Morgan fingerprint density at radius 1 is 0.266 bits per heavy atom. The van der Waals surface area contributed by atoms with Crippen molar-refractivity contribution < 1.29 is 5.11 Å². The van der Waals surface area contributed by atoms with Gasteiger partial charge in [-0.1, -0.05) is 146 Å². The van der Waals surface area contributed by atoms with Gasteiger partial charge in [0.1, 0.15) is 5.75 Å². The van der Waals surface area contributed by atoms with E-state index in [1.807, 2.05) is 61.9 Å². The molecule has 7 aromatic carbocycles. The second-order valence-electron chi connectivity index (χ2n) is 16.5. The Kier molecular flexibility index (Phi) is 10.8. The maximum absolute atomic E-state index is 11.7. The number of nitrogens with zero attached hydrogens (tertiary/aromatic N) is 3. The molecule has 0 amide bonds. The van der Waals surface area contributed by atoms with Crippen molar-refractivity contribution in [1.29, 1.82) is 0 Å². The third-order valence-electron chi connectivity index (χ3n) is 11.9. The van der Waals surface area contributed by atoms with Gasteiger partial charge in [-0.15, -0.1) is 0 Å². The molecule has 64 heavy (non-hydrogen) atoms. The number of hydrogen-bond donors (Lipinski definition) is 1. The Bertz CT molecular complexity index is 3110. The zero-order valence-corrected chi connectivity index (χ0v) is 36.0. The summed E-state index contributed by atoms with van der Waals surface area (Å²) >= 11 is 0. The highest BCUT2D eigenvalue weighted by molar-refractivity contribution is 5.95. The average molecular weight is 824 g/mol. The van der Waals surface area contributed by atoms with E-state index in [4.69, 9.17) is 0 Å². The molecule has 4 nitrogen and oxygen atoms in total. The van der Waals surface area contributed by atoms with Crippen LogP contribution in [-0.2, 0) is 0 Å². The minimum atomic E-state index is 0.202. The van der Waals surface area contributed by atoms with E-state index in [0.717, 1.165) is 117 Å². The number of phenols is 1. The van der Waals surface area contributed by atoms with Crippen molar-refractivity contribution in [3.05, 3.63) is 229 Å². The van der Waals surface area contributed by atoms with Crippen molar-refractivity contribution in [3.63, 3.8) is 0 Å². The Morgan fingerprint density at radius 3 is 0.938 bits per heavy atom. The summed E-state index contributed by atoms with van der Waals surface area (Å²) in [6.07, 6.45) is 5.68. The number of aromatic hydroxyl groups is 1. The molecule has 0 atom stereocenters. The average Bonchev–Trinajstić information content (AvgIpc) is 3.35. The molecule has 0 aliphatic rings. The summed E-state index contributed by atoms with van der Waals surface area (Å²) in [5.41, 5.74) is 21.8. The molecular formula is C60H45N3O. The Hall–Kier alpha value is -8.21. The lowest BCUT2D eigenvalue weighted by Crippen LogP contribution is -1.93. The first-order valence-corrected chi connectivity index (χ1v) is 21.6. The highest BCUT2D eigenvalue weighted by Crippen LogP contribution is 2.44. The predicted octanol–water partition coefficient (Wildman–Crippen LogP) is 15.5. The molecule has 0 aliphatic heterocycles. The summed E-state index contributed by atoms with van der Waals surface area (Å²) in [6, 6.07) is 68.2. The maximum Gasteiger partial charge on any atom is 0.124 e. The minimum absolute atomic E-state index is 0.202. The maximum atomic E-state index is 11.7. The smallest absolute Gasteiger partial charge is 0.124 e. The van der Waals surface area contributed by atoms with Gasteiger partial charge in [0.15, 0.2) is 0 Å². The van der Waals surface area contributed by atoms with Crippen LogP contribution in [0.25, 0.3) is 101 Å². The van der Waals surface area contributed by atoms with Crippen molar-refractivity contribution in [1.82, 2.24) is 15.0 Å². The lowest BCUT2D eigenvalue weighted by Gasteiger charge is -2.18. The van der Waals surface area contributed by atoms with E-state index >= 15 is 0 Å². The first kappa shape index (κ1) is 39.9. The molecule has 3 heterocycles. The highest BCUT2D eigenvalue weighted by Gasteiger charge is 2.18. The summed E-state index contributed by atoms with van der Waals surface area (Å²) in [5, 5.41) is 11.7. The van der Waals surface area contributed by atoms with Gasteiger partial charge >= 0.3 is 0 Å². The lowest BCUT2D eigenvalue weighted by molar-refractivity contribution is 0.477. The summed E-state index contributed by atoms with van der Waals surface area (Å²) in [4.78, 5) is 14.0. The number of aromatic nitrogens is 3. The minimum Gasteiger partial charge on any atom is -0.507 e. The largest absolute Gasteiger partial charge is 0.507 e. The zero-order chi connectivity index (χ0) is 43.6. The van der Waals surface area contributed by atoms with Crippen LogP contribution in [0.5, 0.6) is 5.75 Å². The van der Waals surface area contributed by atoms with Crippen LogP contribution < -0.4 is 0 Å². The zero-order valence-electron chi connectivity index (χ0n) is 36.0. The molecule has 10 rings (SSSR count). The number of phenolic OH excluding ortho intramolecular Hbond substituents is 1. The van der Waals surface area contributed by atoms with Crippen LogP contribution in [0.2, 0.25) is 0 Å². The summed E-state index contributed by atoms with van der Waals surface area (Å²) in [6.45, 7) is 6.14. The second kappa shape index (κ2) is 17.3. The van der Waals surface area contributed by atoms with Crippen molar-refractivity contribution >= 4 is 0 Å². The monoisotopic (exact) mass is 823 g/mol. The van der Waals surface area contributed by atoms with Crippen molar-refractivity contribution in [2.75, 3.05) is 0 Å². The first-order valence-electron chi connectivity index (χ1n) is 21.6. The standard InChI is InChI=1S/C60H45N3O/c1-39-16-29-57(61-36-39)44-23-19-42(20-24-44)50-10-4-6-12-52(50)47-32-48(53-13-7-5-11-51(53)43-21-25-45(26-22-43)58-30-17-40(2)37-62-58)34-49(33-47)54-14-8-9-15-55(54)56-28-27-46(35-60(56)64)59-31-18-41(3)38-63-59/h4-38,64H,1-3H3. The van der Waals surface area contributed by atoms with Gasteiger partial charge in [0, 0.05) is 40.8 Å². The van der Waals surface area contributed by atoms with Crippen LogP contribution >= 0.6 is 0 Å². The number of hydrogen-bond acceptors (Lipinski definition) is 4. The number of pyridine rings is 3. The predicted molar refractivity (Wildman–Crippen MR) is 265 cm³/mol. The van der Waals surface area contributed by atoms with Gasteiger partial charge in [0.05, 0.1) is 17.1 Å². The molecule has 4 heteroatoms. The van der Waals surface area contributed by atoms with Crippen LogP contribution in [0.4, 0.5) is 0 Å². The molecule has 0 spiro atoms. The molecule has 0 unspecified atom stereocenters. The summed E-state index contributed by atoms with van der Waals surface area (Å²) < 4.78 is 0. The molecule has 3 aromatic heterocycles. The van der Waals surface area contributed by atoms with Gasteiger partial charge in [-0.3, -0.25) is 15.0 Å². The number of rotatable bonds is 9. The van der Waals surface area contributed by atoms with Crippen LogP contribution in [0.15, 0.2) is 213 Å². The molecule has 0 radical (unpaired) electrons. The molecular weight excluding hydrogens is 779 g/mol. The van der Waals surface area contributed by atoms with Crippen LogP contribution in [0.3, 0.4) is 0 Å². The number of benzene rings is 7. The SMILES string of the molecule is Cc1ccc(-c2ccc(-c3ccccc3-c3cc(-c4ccccc4-c4ccc(-c5ccc(C)cn5)cc4)cc(-c4ccccc4-c4ccc(-c5ccc(C)cn5)cc4O)c3)cc2)nc1. The van der Waals surface area contributed by atoms with Gasteiger partial charge < -0.3 is 5.11 Å². The second-order valence-corrected chi connectivity index (χ2v) is 16.5. The molecule has 0 saturated carbocycles. The van der Waals surface area contributed by atoms with Crippen molar-refractivity contribution in [2.24, 2.45) is 0 Å². The van der Waals surface area contributed by atoms with E-state index in [2.05, 4.69) is 187 Å². The van der Waals surface area contributed by atoms with E-state index in [1.54, 1.807) is 0 Å². The summed E-state index contributed by atoms with van der Waals surface area (Å²) in [5.74, 6) is 0.202. The van der Waals surface area contributed by atoms with Gasteiger partial charge in [-0.2, -0.15) is 0 Å². The van der Waals surface area contributed by atoms with Crippen LogP contribution in [0.1, 0.15) is 16.7 Å². The third-order valence-corrected chi connectivity index (χ3v) is 11.9. The molecule has 0 bridgehead atoms. The van der Waals surface area contributed by atoms with Crippen LogP contribution in [0, 0.1) is 20.8 Å². The Labute approximate surface area is 374 Å². The molecule has 1 N–H and O–H groups in total. The molecule has 0 saturated heterocycles. The van der Waals surface area contributed by atoms with E-state index in [1.165, 1.54) is 0 Å². The van der Waals surface area contributed by atoms with Gasteiger partial charge in [-0.25, -0.2) is 0 Å². The molecule has 306 valence electrons. The van der Waals surface area contributed by atoms with E-state index in [0.29, 0.717) is 0 Å². The van der Waals surface area contributed by atoms with E-state index < -0.39 is 0 Å². The Balaban J connectivity index is 1.12. The Morgan fingerprint density at radius 2 is 0.578 bits per heavy atom. The fraction of sp³-hybridized carbons (Fsp3) is 0.0500. The van der Waals surface area contributed by atoms with E-state index in [9.17, 15) is 5.11 Å². The van der Waals surface area contributed by atoms with Crippen LogP contribution in [-0.4, -0.2) is 20.1 Å². The fourth-order valence-corrected chi connectivity index (χ4v) is 8.51. The highest BCUT2D eigenvalue weighted by atomic mass is 16.3. The topological polar surface area (TPSA) is 58.9 Å². The quantitative estimate of drug-likeness (QED) is 0.158. The van der Waals surface area contributed by atoms with E-state index in [-0.39, 0.29) is 5.75 Å².